The van der Waals surface area contributed by atoms with Gasteiger partial charge in [0, 0.05) is 37.8 Å². The molecule has 1 saturated heterocycles. The first-order valence-corrected chi connectivity index (χ1v) is 5.85. The Morgan fingerprint density at radius 3 is 2.82 bits per heavy atom. The molecule has 2 heterocycles. The fourth-order valence-electron chi connectivity index (χ4n) is 2.29. The number of rotatable bonds is 1. The summed E-state index contributed by atoms with van der Waals surface area (Å²) in [6.07, 6.45) is 1.53. The number of halogens is 1. The van der Waals surface area contributed by atoms with Gasteiger partial charge >= 0.3 is 0 Å². The van der Waals surface area contributed by atoms with Crippen molar-refractivity contribution >= 4 is 16.6 Å². The molecule has 1 aliphatic rings. The first kappa shape index (κ1) is 10.5. The highest BCUT2D eigenvalue weighted by Gasteiger charge is 2.14. The van der Waals surface area contributed by atoms with E-state index in [4.69, 9.17) is 0 Å². The van der Waals surface area contributed by atoms with E-state index < -0.39 is 0 Å². The molecule has 0 bridgehead atoms. The van der Waals surface area contributed by atoms with Crippen LogP contribution in [-0.4, -0.2) is 31.2 Å². The Hall–Kier alpha value is -1.68. The zero-order chi connectivity index (χ0) is 11.7. The van der Waals surface area contributed by atoms with Gasteiger partial charge in [0.1, 0.15) is 5.82 Å². The lowest BCUT2D eigenvalue weighted by atomic mass is 10.1. The van der Waals surface area contributed by atoms with E-state index in [2.05, 4.69) is 15.2 Å². The lowest BCUT2D eigenvalue weighted by Crippen LogP contribution is -2.43. The van der Waals surface area contributed by atoms with Crippen molar-refractivity contribution in [3.8, 4) is 0 Å². The number of benzene rings is 1. The molecule has 1 N–H and O–H groups in total. The van der Waals surface area contributed by atoms with E-state index in [9.17, 15) is 4.39 Å². The summed E-state index contributed by atoms with van der Waals surface area (Å²) in [5.74, 6) is -0.202. The van der Waals surface area contributed by atoms with E-state index in [1.54, 1.807) is 6.07 Å². The normalized spacial score (nSPS) is 16.4. The summed E-state index contributed by atoms with van der Waals surface area (Å²) >= 11 is 0. The van der Waals surface area contributed by atoms with E-state index in [0.29, 0.717) is 5.39 Å². The summed E-state index contributed by atoms with van der Waals surface area (Å²) in [4.78, 5) is 6.57. The summed E-state index contributed by atoms with van der Waals surface area (Å²) in [5, 5.41) is 3.91. The fraction of sp³-hybridized carbons (Fsp3) is 0.308. The number of anilines is 1. The maximum absolute atomic E-state index is 13.7. The number of para-hydroxylation sites is 1. The number of fused-ring (bicyclic) bond motifs is 1. The zero-order valence-corrected chi connectivity index (χ0v) is 9.49. The summed E-state index contributed by atoms with van der Waals surface area (Å²) in [6.45, 7) is 3.81. The van der Waals surface area contributed by atoms with E-state index in [0.717, 1.165) is 37.4 Å². The molecule has 3 rings (SSSR count). The van der Waals surface area contributed by atoms with Crippen LogP contribution in [0, 0.1) is 5.82 Å². The van der Waals surface area contributed by atoms with Crippen LogP contribution in [0.1, 0.15) is 0 Å². The second-order valence-corrected chi connectivity index (χ2v) is 4.20. The molecule has 1 fully saturated rings. The molecule has 0 radical (unpaired) electrons. The van der Waals surface area contributed by atoms with Gasteiger partial charge in [0.05, 0.1) is 11.2 Å². The third kappa shape index (κ3) is 1.85. The zero-order valence-electron chi connectivity index (χ0n) is 9.49. The fourth-order valence-corrected chi connectivity index (χ4v) is 2.29. The van der Waals surface area contributed by atoms with Crippen LogP contribution < -0.4 is 10.2 Å². The number of hydrogen-bond acceptors (Lipinski definition) is 3. The molecule has 17 heavy (non-hydrogen) atoms. The Kier molecular flexibility index (Phi) is 2.65. The predicted molar refractivity (Wildman–Crippen MR) is 66.8 cm³/mol. The highest BCUT2D eigenvalue weighted by atomic mass is 19.1. The van der Waals surface area contributed by atoms with Gasteiger partial charge in [-0.05, 0) is 18.2 Å². The van der Waals surface area contributed by atoms with Gasteiger partial charge in [-0.1, -0.05) is 6.07 Å². The summed E-state index contributed by atoms with van der Waals surface area (Å²) in [7, 11) is 0. The molecule has 0 atom stereocenters. The lowest BCUT2D eigenvalue weighted by molar-refractivity contribution is 0.590. The van der Waals surface area contributed by atoms with Crippen LogP contribution in [0.15, 0.2) is 30.5 Å². The van der Waals surface area contributed by atoms with Crippen LogP contribution in [-0.2, 0) is 0 Å². The highest BCUT2D eigenvalue weighted by molar-refractivity contribution is 5.91. The molecule has 1 aliphatic heterocycles. The summed E-state index contributed by atoms with van der Waals surface area (Å²) in [6, 6.07) is 7.10. The van der Waals surface area contributed by atoms with Gasteiger partial charge < -0.3 is 10.2 Å². The Bertz CT molecular complexity index is 535. The quantitative estimate of drug-likeness (QED) is 0.811. The van der Waals surface area contributed by atoms with E-state index in [1.807, 2.05) is 12.1 Å². The second kappa shape index (κ2) is 4.30. The molecule has 0 unspecified atom stereocenters. The number of nitrogens with zero attached hydrogens (tertiary/aromatic N) is 2. The Balaban J connectivity index is 2.12. The van der Waals surface area contributed by atoms with Gasteiger partial charge in [-0.25, -0.2) is 4.39 Å². The second-order valence-electron chi connectivity index (χ2n) is 4.20. The lowest BCUT2D eigenvalue weighted by Gasteiger charge is -2.30. The smallest absolute Gasteiger partial charge is 0.134 e. The molecular weight excluding hydrogens is 217 g/mol. The molecule has 3 nitrogen and oxygen atoms in total. The van der Waals surface area contributed by atoms with E-state index in [-0.39, 0.29) is 5.82 Å². The standard InChI is InChI=1S/C13H14FN3/c14-11-4-5-16-13-10(11)2-1-3-12(13)17-8-6-15-7-9-17/h1-5,15H,6-9H2. The molecular formula is C13H14FN3. The molecule has 0 aliphatic carbocycles. The molecule has 88 valence electrons. The summed E-state index contributed by atoms with van der Waals surface area (Å²) in [5.41, 5.74) is 1.79. The Morgan fingerprint density at radius 1 is 1.18 bits per heavy atom. The topological polar surface area (TPSA) is 28.2 Å². The van der Waals surface area contributed by atoms with Crippen LogP contribution in [0.4, 0.5) is 10.1 Å². The highest BCUT2D eigenvalue weighted by Crippen LogP contribution is 2.26. The van der Waals surface area contributed by atoms with E-state index in [1.165, 1.54) is 12.3 Å². The molecule has 1 aromatic carbocycles. The number of nitrogens with one attached hydrogen (secondary N) is 1. The first-order chi connectivity index (χ1) is 8.36. The third-order valence-electron chi connectivity index (χ3n) is 3.15. The van der Waals surface area contributed by atoms with Crippen LogP contribution in [0.2, 0.25) is 0 Å². The van der Waals surface area contributed by atoms with Crippen molar-refractivity contribution in [2.75, 3.05) is 31.1 Å². The first-order valence-electron chi connectivity index (χ1n) is 5.85. The van der Waals surface area contributed by atoms with Crippen molar-refractivity contribution in [3.05, 3.63) is 36.3 Å². The van der Waals surface area contributed by atoms with Gasteiger partial charge in [-0.15, -0.1) is 0 Å². The number of pyridine rings is 1. The van der Waals surface area contributed by atoms with Crippen LogP contribution in [0.3, 0.4) is 0 Å². The van der Waals surface area contributed by atoms with Crippen molar-refractivity contribution in [1.82, 2.24) is 10.3 Å². The average molecular weight is 231 g/mol. The minimum Gasteiger partial charge on any atom is -0.367 e. The van der Waals surface area contributed by atoms with Gasteiger partial charge in [0.2, 0.25) is 0 Å². The number of hydrogen-bond donors (Lipinski definition) is 1. The van der Waals surface area contributed by atoms with Crippen molar-refractivity contribution in [2.45, 2.75) is 0 Å². The molecule has 0 spiro atoms. The Morgan fingerprint density at radius 2 is 2.00 bits per heavy atom. The molecule has 2 aromatic rings. The van der Waals surface area contributed by atoms with Crippen LogP contribution >= 0.6 is 0 Å². The van der Waals surface area contributed by atoms with E-state index >= 15 is 0 Å². The van der Waals surface area contributed by atoms with Crippen molar-refractivity contribution in [2.24, 2.45) is 0 Å². The average Bonchev–Trinajstić information content (AvgIpc) is 2.40. The van der Waals surface area contributed by atoms with Crippen molar-refractivity contribution < 1.29 is 4.39 Å². The van der Waals surface area contributed by atoms with Crippen molar-refractivity contribution in [1.29, 1.82) is 0 Å². The van der Waals surface area contributed by atoms with Crippen LogP contribution in [0.5, 0.6) is 0 Å². The number of piperazine rings is 1. The van der Waals surface area contributed by atoms with Gasteiger partial charge in [-0.3, -0.25) is 4.98 Å². The minimum atomic E-state index is -0.202. The SMILES string of the molecule is Fc1ccnc2c(N3CCNCC3)cccc12. The molecule has 0 saturated carbocycles. The van der Waals surface area contributed by atoms with Gasteiger partial charge in [0.25, 0.3) is 0 Å². The van der Waals surface area contributed by atoms with Crippen LogP contribution in [0.25, 0.3) is 10.9 Å². The summed E-state index contributed by atoms with van der Waals surface area (Å²) < 4.78 is 13.7. The number of aromatic nitrogens is 1. The maximum atomic E-state index is 13.7. The largest absolute Gasteiger partial charge is 0.367 e. The van der Waals surface area contributed by atoms with Gasteiger partial charge in [0.15, 0.2) is 0 Å². The van der Waals surface area contributed by atoms with Crippen molar-refractivity contribution in [3.63, 3.8) is 0 Å². The minimum absolute atomic E-state index is 0.202. The Labute approximate surface area is 99.3 Å². The third-order valence-corrected chi connectivity index (χ3v) is 3.15. The maximum Gasteiger partial charge on any atom is 0.134 e. The molecule has 0 amide bonds. The molecule has 4 heteroatoms. The predicted octanol–water partition coefficient (Wildman–Crippen LogP) is 1.78. The monoisotopic (exact) mass is 231 g/mol. The molecule has 1 aromatic heterocycles. The van der Waals surface area contributed by atoms with Gasteiger partial charge in [-0.2, -0.15) is 0 Å².